The number of hydrogen-bond acceptors (Lipinski definition) is 6. The van der Waals surface area contributed by atoms with E-state index >= 15 is 0 Å². The van der Waals surface area contributed by atoms with E-state index < -0.39 is 16.0 Å². The number of anilines is 3. The van der Waals surface area contributed by atoms with Gasteiger partial charge in [-0.05, 0) is 61.5 Å². The van der Waals surface area contributed by atoms with Gasteiger partial charge in [-0.3, -0.25) is 9.52 Å². The minimum atomic E-state index is -3.89. The van der Waals surface area contributed by atoms with E-state index in [1.54, 1.807) is 24.3 Å². The molecule has 4 rings (SSSR count). The fourth-order valence-corrected chi connectivity index (χ4v) is 5.03. The normalized spacial score (nSPS) is 14.0. The molecule has 0 atom stereocenters. The lowest BCUT2D eigenvalue weighted by molar-refractivity contribution is 0.0696. The molecule has 176 valence electrons. The van der Waals surface area contributed by atoms with Crippen LogP contribution in [0.4, 0.5) is 17.1 Å². The highest BCUT2D eigenvalue weighted by Gasteiger charge is 2.23. The van der Waals surface area contributed by atoms with Crippen molar-refractivity contribution in [3.8, 4) is 0 Å². The number of aromatic carboxylic acids is 1. The Morgan fingerprint density at radius 1 is 0.824 bits per heavy atom. The Morgan fingerprint density at radius 2 is 1.41 bits per heavy atom. The minimum absolute atomic E-state index is 0.00120. The van der Waals surface area contributed by atoms with Gasteiger partial charge in [-0.25, -0.2) is 13.2 Å². The van der Waals surface area contributed by atoms with Crippen LogP contribution >= 0.6 is 0 Å². The highest BCUT2D eigenvalue weighted by molar-refractivity contribution is 7.92. The Kier molecular flexibility index (Phi) is 6.56. The smallest absolute Gasteiger partial charge is 0.335 e. The Bertz CT molecular complexity index is 1300. The van der Waals surface area contributed by atoms with Crippen molar-refractivity contribution >= 4 is 38.8 Å². The van der Waals surface area contributed by atoms with Crippen molar-refractivity contribution in [2.75, 3.05) is 40.7 Å². The van der Waals surface area contributed by atoms with E-state index in [0.717, 1.165) is 5.69 Å². The maximum atomic E-state index is 12.9. The van der Waals surface area contributed by atoms with E-state index in [1.807, 2.05) is 29.2 Å². The molecule has 0 saturated carbocycles. The highest BCUT2D eigenvalue weighted by atomic mass is 32.2. The van der Waals surface area contributed by atoms with E-state index in [4.69, 9.17) is 0 Å². The minimum Gasteiger partial charge on any atom is -0.478 e. The van der Waals surface area contributed by atoms with Gasteiger partial charge in [0.2, 0.25) is 0 Å². The van der Waals surface area contributed by atoms with Gasteiger partial charge in [0, 0.05) is 37.4 Å². The molecule has 3 aromatic carbocycles. The molecule has 0 unspecified atom stereocenters. The lowest BCUT2D eigenvalue weighted by Gasteiger charge is -2.38. The van der Waals surface area contributed by atoms with E-state index in [-0.39, 0.29) is 21.9 Å². The van der Waals surface area contributed by atoms with Crippen LogP contribution in [0.2, 0.25) is 0 Å². The Labute approximate surface area is 198 Å². The van der Waals surface area contributed by atoms with Crippen LogP contribution in [0.5, 0.6) is 0 Å². The second-order valence-corrected chi connectivity index (χ2v) is 9.72. The zero-order valence-corrected chi connectivity index (χ0v) is 19.5. The molecule has 0 spiro atoms. The van der Waals surface area contributed by atoms with Gasteiger partial charge in [-0.2, -0.15) is 0 Å². The molecule has 1 heterocycles. The summed E-state index contributed by atoms with van der Waals surface area (Å²) in [6.45, 7) is 4.13. The third-order valence-electron chi connectivity index (χ3n) is 5.80. The average Bonchev–Trinajstić information content (AvgIpc) is 2.84. The first-order valence-corrected chi connectivity index (χ1v) is 12.3. The van der Waals surface area contributed by atoms with Gasteiger partial charge < -0.3 is 14.9 Å². The van der Waals surface area contributed by atoms with Gasteiger partial charge in [0.25, 0.3) is 10.0 Å². The summed E-state index contributed by atoms with van der Waals surface area (Å²) < 4.78 is 28.4. The molecule has 0 radical (unpaired) electrons. The monoisotopic (exact) mass is 479 g/mol. The van der Waals surface area contributed by atoms with Gasteiger partial charge in [-0.15, -0.1) is 0 Å². The van der Waals surface area contributed by atoms with Crippen molar-refractivity contribution in [3.05, 3.63) is 83.9 Å². The number of carbonyl (C=O) groups excluding carboxylic acids is 1. The maximum Gasteiger partial charge on any atom is 0.335 e. The van der Waals surface area contributed by atoms with Crippen LogP contribution in [0.1, 0.15) is 27.6 Å². The second-order valence-electron chi connectivity index (χ2n) is 8.03. The van der Waals surface area contributed by atoms with Crippen molar-refractivity contribution in [1.29, 1.82) is 0 Å². The van der Waals surface area contributed by atoms with Crippen LogP contribution in [0.25, 0.3) is 0 Å². The fourth-order valence-electron chi connectivity index (χ4n) is 3.94. The molecule has 3 aromatic rings. The number of benzene rings is 3. The Morgan fingerprint density at radius 3 is 2.00 bits per heavy atom. The number of carboxylic acids is 1. The third-order valence-corrected chi connectivity index (χ3v) is 7.18. The van der Waals surface area contributed by atoms with E-state index in [1.165, 1.54) is 31.2 Å². The molecular weight excluding hydrogens is 454 g/mol. The van der Waals surface area contributed by atoms with Crippen LogP contribution in [-0.4, -0.2) is 51.5 Å². The number of Topliss-reactive ketones (excluding diaryl/α,β-unsaturated/α-hetero) is 1. The number of ketones is 1. The predicted molar refractivity (Wildman–Crippen MR) is 132 cm³/mol. The summed E-state index contributed by atoms with van der Waals surface area (Å²) in [5.41, 5.74) is 2.52. The molecule has 0 aromatic heterocycles. The van der Waals surface area contributed by atoms with Gasteiger partial charge in [0.05, 0.1) is 21.8 Å². The molecular formula is C25H25N3O5S. The molecule has 1 saturated heterocycles. The largest absolute Gasteiger partial charge is 0.478 e. The van der Waals surface area contributed by atoms with Crippen LogP contribution in [-0.2, 0) is 10.0 Å². The maximum absolute atomic E-state index is 12.9. The van der Waals surface area contributed by atoms with E-state index in [9.17, 15) is 23.1 Å². The van der Waals surface area contributed by atoms with Crippen LogP contribution in [0.3, 0.4) is 0 Å². The third kappa shape index (κ3) is 5.04. The molecule has 34 heavy (non-hydrogen) atoms. The van der Waals surface area contributed by atoms with Crippen molar-refractivity contribution in [2.24, 2.45) is 0 Å². The topological polar surface area (TPSA) is 107 Å². The average molecular weight is 480 g/mol. The SMILES string of the molecule is CC(=O)c1ccc(N2CCN(c3ccc(C(=O)O)cc3NS(=O)(=O)c3ccccc3)CC2)cc1. The number of piperazine rings is 1. The summed E-state index contributed by atoms with van der Waals surface area (Å²) in [7, 11) is -3.89. The number of rotatable bonds is 7. The van der Waals surface area contributed by atoms with Gasteiger partial charge in [0.1, 0.15) is 0 Å². The molecule has 1 aliphatic rings. The van der Waals surface area contributed by atoms with E-state index in [2.05, 4.69) is 9.62 Å². The molecule has 0 bridgehead atoms. The highest BCUT2D eigenvalue weighted by Crippen LogP contribution is 2.31. The predicted octanol–water partition coefficient (Wildman–Crippen LogP) is 3.71. The molecule has 1 aliphatic heterocycles. The number of carboxylic acid groups (broad SMARTS) is 1. The Hall–Kier alpha value is -3.85. The quantitative estimate of drug-likeness (QED) is 0.498. The standard InChI is InChI=1S/C25H25N3O5S/c1-18(29)19-7-10-21(11-8-19)27-13-15-28(16-14-27)24-12-9-20(25(30)31)17-23(24)26-34(32,33)22-5-3-2-4-6-22/h2-12,17,26H,13-16H2,1H3,(H,30,31). The number of hydrogen-bond donors (Lipinski definition) is 2. The van der Waals surface area contributed by atoms with Gasteiger partial charge in [-0.1, -0.05) is 18.2 Å². The molecule has 9 heteroatoms. The van der Waals surface area contributed by atoms with Gasteiger partial charge in [0.15, 0.2) is 5.78 Å². The zero-order chi connectivity index (χ0) is 24.3. The van der Waals surface area contributed by atoms with Crippen LogP contribution in [0.15, 0.2) is 77.7 Å². The molecule has 2 N–H and O–H groups in total. The van der Waals surface area contributed by atoms with Crippen LogP contribution < -0.4 is 14.5 Å². The summed E-state index contributed by atoms with van der Waals surface area (Å²) in [4.78, 5) is 27.4. The first-order chi connectivity index (χ1) is 16.2. The first-order valence-electron chi connectivity index (χ1n) is 10.8. The number of sulfonamides is 1. The summed E-state index contributed by atoms with van der Waals surface area (Å²) >= 11 is 0. The van der Waals surface area contributed by atoms with Crippen molar-refractivity contribution in [3.63, 3.8) is 0 Å². The second kappa shape index (κ2) is 9.56. The van der Waals surface area contributed by atoms with Gasteiger partial charge >= 0.3 is 5.97 Å². The van der Waals surface area contributed by atoms with E-state index in [0.29, 0.717) is 37.4 Å². The molecule has 8 nitrogen and oxygen atoms in total. The van der Waals surface area contributed by atoms with Crippen molar-refractivity contribution in [1.82, 2.24) is 0 Å². The summed E-state index contributed by atoms with van der Waals surface area (Å²) in [5.74, 6) is -1.11. The summed E-state index contributed by atoms with van der Waals surface area (Å²) in [6.07, 6.45) is 0. The molecule has 0 amide bonds. The first kappa shape index (κ1) is 23.3. The van der Waals surface area contributed by atoms with Crippen molar-refractivity contribution in [2.45, 2.75) is 11.8 Å². The number of carbonyl (C=O) groups is 2. The van der Waals surface area contributed by atoms with Crippen LogP contribution in [0, 0.1) is 0 Å². The molecule has 0 aliphatic carbocycles. The summed E-state index contributed by atoms with van der Waals surface area (Å²) in [5, 5.41) is 9.42. The molecule has 1 fully saturated rings. The lowest BCUT2D eigenvalue weighted by atomic mass is 10.1. The van der Waals surface area contributed by atoms with Crippen molar-refractivity contribution < 1.29 is 23.1 Å². The summed E-state index contributed by atoms with van der Waals surface area (Å²) in [6, 6.07) is 19.9. The zero-order valence-electron chi connectivity index (χ0n) is 18.6. The number of nitrogens with zero attached hydrogens (tertiary/aromatic N) is 2. The fraction of sp³-hybridized carbons (Fsp3) is 0.200. The Balaban J connectivity index is 1.56. The number of nitrogens with one attached hydrogen (secondary N) is 1. The lowest BCUT2D eigenvalue weighted by Crippen LogP contribution is -2.46.